The fraction of sp³-hybridized carbons (Fsp3) is 0.824. The Bertz CT molecular complexity index is 825. The summed E-state index contributed by atoms with van der Waals surface area (Å²) in [5.74, 6) is -3.42. The first kappa shape index (κ1) is 44.7. The van der Waals surface area contributed by atoms with Crippen molar-refractivity contribution < 1.29 is 62.3 Å². The molecule has 14 nitrogen and oxygen atoms in total. The number of hydrogen-bond donors (Lipinski definition) is 1. The minimum absolute atomic E-state index is 0.00569. The van der Waals surface area contributed by atoms with E-state index in [2.05, 4.69) is 4.90 Å². The van der Waals surface area contributed by atoms with Gasteiger partial charge in [-0.05, 0) is 58.2 Å². The lowest BCUT2D eigenvalue weighted by Crippen LogP contribution is -2.27. The van der Waals surface area contributed by atoms with Crippen LogP contribution in [0.15, 0.2) is 0 Å². The summed E-state index contributed by atoms with van der Waals surface area (Å²) in [6.07, 6.45) is 9.26. The third-order valence-electron chi connectivity index (χ3n) is 7.14. The standard InChI is InChI=1S/C34H59NO13/c1-27(37)43-21-31(22-44-28(2)38)25-47-33(41)15-9-7-12-18-35(17-11-5-6-14-20-36)19-13-8-10-16-34(42)48-26-32(23-45-29(3)39)24-46-30(4)40/h31-32,36H,5-26H2,1-4H3. The number of carbonyl (C=O) groups is 6. The van der Waals surface area contributed by atoms with Gasteiger partial charge in [0.2, 0.25) is 0 Å². The lowest BCUT2D eigenvalue weighted by atomic mass is 10.1. The minimum Gasteiger partial charge on any atom is -0.465 e. The third kappa shape index (κ3) is 30.1. The minimum atomic E-state index is -0.466. The molecule has 0 aromatic rings. The third-order valence-corrected chi connectivity index (χ3v) is 7.14. The van der Waals surface area contributed by atoms with Crippen molar-refractivity contribution in [3.8, 4) is 0 Å². The number of carbonyl (C=O) groups excluding carboxylic acids is 6. The maximum Gasteiger partial charge on any atom is 0.305 e. The Morgan fingerprint density at radius 2 is 0.729 bits per heavy atom. The average Bonchev–Trinajstić information content (AvgIpc) is 3.02. The highest BCUT2D eigenvalue weighted by molar-refractivity contribution is 5.70. The second-order valence-corrected chi connectivity index (χ2v) is 11.9. The molecule has 0 saturated carbocycles. The van der Waals surface area contributed by atoms with Crippen LogP contribution in [0.1, 0.15) is 105 Å². The molecule has 0 atom stereocenters. The molecule has 0 aromatic heterocycles. The van der Waals surface area contributed by atoms with Crippen LogP contribution in [0.25, 0.3) is 0 Å². The SMILES string of the molecule is CC(=O)OCC(COC(C)=O)COC(=O)CCCCCN(CCCCCCO)CCCCCC(=O)OCC(COC(C)=O)COC(C)=O. The van der Waals surface area contributed by atoms with Crippen LogP contribution in [0.3, 0.4) is 0 Å². The van der Waals surface area contributed by atoms with Crippen LogP contribution < -0.4 is 0 Å². The number of rotatable bonds is 30. The van der Waals surface area contributed by atoms with E-state index in [1.807, 2.05) is 0 Å². The van der Waals surface area contributed by atoms with Crippen molar-refractivity contribution in [3.05, 3.63) is 0 Å². The zero-order valence-electron chi connectivity index (χ0n) is 29.5. The molecule has 14 heteroatoms. The molecule has 278 valence electrons. The second kappa shape index (κ2) is 29.8. The summed E-state index contributed by atoms with van der Waals surface area (Å²) >= 11 is 0. The summed E-state index contributed by atoms with van der Waals surface area (Å²) in [7, 11) is 0. The normalized spacial score (nSPS) is 11.0. The fourth-order valence-electron chi connectivity index (χ4n) is 4.49. The predicted octanol–water partition coefficient (Wildman–Crippen LogP) is 3.53. The lowest BCUT2D eigenvalue weighted by Gasteiger charge is -2.22. The predicted molar refractivity (Wildman–Crippen MR) is 174 cm³/mol. The van der Waals surface area contributed by atoms with Crippen molar-refractivity contribution >= 4 is 35.8 Å². The highest BCUT2D eigenvalue weighted by Gasteiger charge is 2.17. The van der Waals surface area contributed by atoms with Crippen molar-refractivity contribution in [2.75, 3.05) is 65.9 Å². The van der Waals surface area contributed by atoms with Crippen LogP contribution in [0.5, 0.6) is 0 Å². The van der Waals surface area contributed by atoms with Gasteiger partial charge in [-0.15, -0.1) is 0 Å². The van der Waals surface area contributed by atoms with Crippen LogP contribution >= 0.6 is 0 Å². The van der Waals surface area contributed by atoms with E-state index in [0.717, 1.165) is 71.0 Å². The number of unbranched alkanes of at least 4 members (excludes halogenated alkanes) is 7. The first-order valence-corrected chi connectivity index (χ1v) is 17.1. The van der Waals surface area contributed by atoms with E-state index in [1.165, 1.54) is 27.7 Å². The van der Waals surface area contributed by atoms with E-state index >= 15 is 0 Å². The molecule has 0 unspecified atom stereocenters. The van der Waals surface area contributed by atoms with Crippen molar-refractivity contribution in [3.63, 3.8) is 0 Å². The van der Waals surface area contributed by atoms with E-state index in [1.54, 1.807) is 0 Å². The monoisotopic (exact) mass is 689 g/mol. The molecular weight excluding hydrogens is 630 g/mol. The smallest absolute Gasteiger partial charge is 0.305 e. The second-order valence-electron chi connectivity index (χ2n) is 11.9. The molecule has 0 aromatic carbocycles. The molecule has 0 amide bonds. The fourth-order valence-corrected chi connectivity index (χ4v) is 4.49. The topological polar surface area (TPSA) is 181 Å². The Hall–Kier alpha value is -3.26. The average molecular weight is 690 g/mol. The lowest BCUT2D eigenvalue weighted by molar-refractivity contribution is -0.154. The Labute approximate surface area is 285 Å². The van der Waals surface area contributed by atoms with Crippen LogP contribution in [-0.2, 0) is 57.2 Å². The van der Waals surface area contributed by atoms with Gasteiger partial charge in [0.15, 0.2) is 0 Å². The van der Waals surface area contributed by atoms with Gasteiger partial charge < -0.3 is 38.4 Å². The number of aliphatic hydroxyl groups excluding tert-OH is 1. The van der Waals surface area contributed by atoms with Gasteiger partial charge >= 0.3 is 35.8 Å². The number of ether oxygens (including phenoxy) is 6. The van der Waals surface area contributed by atoms with Crippen molar-refractivity contribution in [1.82, 2.24) is 4.90 Å². The maximum atomic E-state index is 12.2. The van der Waals surface area contributed by atoms with Gasteiger partial charge in [-0.3, -0.25) is 28.8 Å². The zero-order chi connectivity index (χ0) is 36.0. The molecule has 0 rings (SSSR count). The van der Waals surface area contributed by atoms with E-state index in [-0.39, 0.29) is 71.0 Å². The Morgan fingerprint density at radius 1 is 0.438 bits per heavy atom. The van der Waals surface area contributed by atoms with Crippen LogP contribution in [0.2, 0.25) is 0 Å². The van der Waals surface area contributed by atoms with Gasteiger partial charge in [0.1, 0.15) is 39.6 Å². The molecule has 0 aliphatic rings. The zero-order valence-corrected chi connectivity index (χ0v) is 29.5. The van der Waals surface area contributed by atoms with Gasteiger partial charge in [0, 0.05) is 47.1 Å². The van der Waals surface area contributed by atoms with Crippen LogP contribution in [0, 0.1) is 11.8 Å². The summed E-state index contributed by atoms with van der Waals surface area (Å²) in [6.45, 7) is 7.98. The van der Waals surface area contributed by atoms with Crippen molar-refractivity contribution in [1.29, 1.82) is 0 Å². The molecule has 0 aliphatic carbocycles. The van der Waals surface area contributed by atoms with E-state index < -0.39 is 35.7 Å². The molecule has 0 heterocycles. The van der Waals surface area contributed by atoms with E-state index in [9.17, 15) is 28.8 Å². The van der Waals surface area contributed by atoms with Gasteiger partial charge in [0.05, 0.1) is 11.8 Å². The Balaban J connectivity index is 4.46. The molecule has 0 aliphatic heterocycles. The maximum absolute atomic E-state index is 12.2. The Kier molecular flexibility index (Phi) is 27.8. The van der Waals surface area contributed by atoms with Gasteiger partial charge in [-0.25, -0.2) is 0 Å². The summed E-state index contributed by atoms with van der Waals surface area (Å²) in [4.78, 5) is 71.3. The first-order chi connectivity index (χ1) is 22.9. The number of aliphatic hydroxyl groups is 1. The highest BCUT2D eigenvalue weighted by Crippen LogP contribution is 2.11. The van der Waals surface area contributed by atoms with Gasteiger partial charge in [-0.1, -0.05) is 25.7 Å². The molecule has 1 N–H and O–H groups in total. The quantitative estimate of drug-likeness (QED) is 0.0657. The van der Waals surface area contributed by atoms with E-state index in [0.29, 0.717) is 12.8 Å². The molecule has 0 radical (unpaired) electrons. The summed E-state index contributed by atoms with van der Waals surface area (Å²) < 4.78 is 30.5. The van der Waals surface area contributed by atoms with Crippen LogP contribution in [-0.4, -0.2) is 112 Å². The largest absolute Gasteiger partial charge is 0.465 e. The number of esters is 6. The molecule has 0 bridgehead atoms. The molecule has 0 spiro atoms. The summed E-state index contributed by atoms with van der Waals surface area (Å²) in [6, 6.07) is 0. The van der Waals surface area contributed by atoms with Gasteiger partial charge in [-0.2, -0.15) is 0 Å². The Morgan fingerprint density at radius 3 is 1.04 bits per heavy atom. The first-order valence-electron chi connectivity index (χ1n) is 17.1. The van der Waals surface area contributed by atoms with Crippen molar-refractivity contribution in [2.45, 2.75) is 105 Å². The van der Waals surface area contributed by atoms with Gasteiger partial charge in [0.25, 0.3) is 0 Å². The van der Waals surface area contributed by atoms with Crippen LogP contribution in [0.4, 0.5) is 0 Å². The number of hydrogen-bond acceptors (Lipinski definition) is 14. The molecule has 0 saturated heterocycles. The number of nitrogens with zero attached hydrogens (tertiary/aromatic N) is 1. The highest BCUT2D eigenvalue weighted by atomic mass is 16.6. The van der Waals surface area contributed by atoms with E-state index in [4.69, 9.17) is 33.5 Å². The summed E-state index contributed by atoms with van der Waals surface area (Å²) in [5.41, 5.74) is 0. The molecule has 48 heavy (non-hydrogen) atoms. The molecular formula is C34H59NO13. The van der Waals surface area contributed by atoms with Crippen molar-refractivity contribution in [2.24, 2.45) is 11.8 Å². The molecule has 0 fully saturated rings. The summed E-state index contributed by atoms with van der Waals surface area (Å²) in [5, 5.41) is 9.04.